The van der Waals surface area contributed by atoms with Crippen LogP contribution in [0.3, 0.4) is 0 Å². The number of benzene rings is 4. The molecule has 0 aliphatic heterocycles. The molecule has 8 heteroatoms. The molecule has 1 saturated carbocycles. The van der Waals surface area contributed by atoms with Gasteiger partial charge in [-0.2, -0.15) is 8.78 Å². The Morgan fingerprint density at radius 3 is 1.89 bits per heavy atom. The van der Waals surface area contributed by atoms with Gasteiger partial charge in [0, 0.05) is 17.2 Å². The summed E-state index contributed by atoms with van der Waals surface area (Å²) in [4.78, 5) is 0. The third-order valence-electron chi connectivity index (χ3n) is 8.54. The summed E-state index contributed by atoms with van der Waals surface area (Å²) in [7, 11) is 0. The van der Waals surface area contributed by atoms with Crippen molar-refractivity contribution >= 4 is 0 Å². The highest BCUT2D eigenvalue weighted by atomic mass is 19.3. The third kappa shape index (κ3) is 7.11. The van der Waals surface area contributed by atoms with Crippen molar-refractivity contribution in [3.05, 3.63) is 113 Å². The van der Waals surface area contributed by atoms with E-state index in [1.807, 2.05) is 6.07 Å². The first-order valence-electron chi connectivity index (χ1n) is 15.0. The van der Waals surface area contributed by atoms with Crippen LogP contribution in [0.2, 0.25) is 0 Å². The second-order valence-electron chi connectivity index (χ2n) is 11.5. The average molecular weight is 615 g/mol. The Hall–Kier alpha value is -3.81. The van der Waals surface area contributed by atoms with Gasteiger partial charge in [-0.25, -0.2) is 22.0 Å². The maximum absolute atomic E-state index is 15.2. The average Bonchev–Trinajstić information content (AvgIpc) is 2.99. The van der Waals surface area contributed by atoms with Crippen LogP contribution < -0.4 is 4.74 Å². The monoisotopic (exact) mass is 614 g/mol. The summed E-state index contributed by atoms with van der Waals surface area (Å²) in [6.45, 7) is 2.20. The molecule has 0 atom stereocenters. The molecule has 0 N–H and O–H groups in total. The Morgan fingerprint density at radius 2 is 1.27 bits per heavy atom. The molecule has 5 rings (SSSR count). The van der Waals surface area contributed by atoms with E-state index in [9.17, 15) is 22.0 Å². The molecule has 1 aliphatic carbocycles. The molecule has 44 heavy (non-hydrogen) atoms. The predicted octanol–water partition coefficient (Wildman–Crippen LogP) is 11.7. The van der Waals surface area contributed by atoms with E-state index in [0.29, 0.717) is 23.6 Å². The fraction of sp³-hybridized carbons (Fsp3) is 0.333. The quantitative estimate of drug-likeness (QED) is 0.128. The Kier molecular flexibility index (Phi) is 9.66. The first-order valence-corrected chi connectivity index (χ1v) is 15.0. The highest BCUT2D eigenvalue weighted by molar-refractivity contribution is 5.72. The molecule has 232 valence electrons. The van der Waals surface area contributed by atoms with Crippen LogP contribution in [0.5, 0.6) is 5.75 Å². The van der Waals surface area contributed by atoms with Gasteiger partial charge < -0.3 is 4.74 Å². The lowest BCUT2D eigenvalue weighted by molar-refractivity contribution is -0.187. The zero-order valence-electron chi connectivity index (χ0n) is 24.3. The fourth-order valence-corrected chi connectivity index (χ4v) is 6.07. The zero-order chi connectivity index (χ0) is 31.4. The van der Waals surface area contributed by atoms with E-state index in [1.165, 1.54) is 43.9 Å². The summed E-state index contributed by atoms with van der Waals surface area (Å²) in [6, 6.07) is 13.4. The molecule has 0 unspecified atom stereocenters. The van der Waals surface area contributed by atoms with Crippen molar-refractivity contribution in [2.24, 2.45) is 5.92 Å². The largest absolute Gasteiger partial charge is 0.429 e. The third-order valence-corrected chi connectivity index (χ3v) is 8.54. The first kappa shape index (κ1) is 31.6. The SMILES string of the molecule is CCCCCC1CCC(c2ccc(-c3ccc(-c4ccc(C(F)(F)Oc5ccc(F)c(F)c5)c(F)c4)c(F)c3)c(F)c2)CC1. The number of ether oxygens (including phenoxy) is 1. The number of rotatable bonds is 10. The lowest BCUT2D eigenvalue weighted by Crippen LogP contribution is -2.23. The van der Waals surface area contributed by atoms with E-state index in [1.54, 1.807) is 6.07 Å². The maximum Gasteiger partial charge on any atom is 0.429 e. The molecule has 4 aromatic rings. The fourth-order valence-electron chi connectivity index (χ4n) is 6.07. The predicted molar refractivity (Wildman–Crippen MR) is 157 cm³/mol. The minimum Gasteiger partial charge on any atom is -0.429 e. The standard InChI is InChI=1S/C36H33F7O/c1-2-3-4-5-22-6-8-23(9-7-22)24-10-14-28(32(38)18-24)25-11-15-29(33(39)19-25)26-12-16-30(34(40)20-26)36(42,43)44-27-13-17-31(37)35(41)21-27/h10-23H,2-9H2,1H3. The van der Waals surface area contributed by atoms with E-state index >= 15 is 8.78 Å². The van der Waals surface area contributed by atoms with E-state index in [4.69, 9.17) is 0 Å². The van der Waals surface area contributed by atoms with Crippen molar-refractivity contribution in [1.29, 1.82) is 0 Å². The van der Waals surface area contributed by atoms with Gasteiger partial charge in [0.2, 0.25) is 0 Å². The Morgan fingerprint density at radius 1 is 0.636 bits per heavy atom. The van der Waals surface area contributed by atoms with Crippen LogP contribution in [0.25, 0.3) is 22.3 Å². The van der Waals surface area contributed by atoms with Gasteiger partial charge in [-0.15, -0.1) is 0 Å². The molecule has 1 fully saturated rings. The molecule has 0 bridgehead atoms. The smallest absolute Gasteiger partial charge is 0.429 e. The topological polar surface area (TPSA) is 9.23 Å². The molecule has 0 amide bonds. The molecular weight excluding hydrogens is 581 g/mol. The van der Waals surface area contributed by atoms with Gasteiger partial charge in [-0.05, 0) is 90.6 Å². The summed E-state index contributed by atoms with van der Waals surface area (Å²) >= 11 is 0. The first-order chi connectivity index (χ1) is 21.1. The Balaban J connectivity index is 1.29. The number of hydrogen-bond donors (Lipinski definition) is 0. The minimum atomic E-state index is -4.23. The van der Waals surface area contributed by atoms with Crippen LogP contribution in [-0.4, -0.2) is 0 Å². The van der Waals surface area contributed by atoms with Crippen LogP contribution in [0.15, 0.2) is 72.8 Å². The van der Waals surface area contributed by atoms with Gasteiger partial charge >= 0.3 is 6.11 Å². The van der Waals surface area contributed by atoms with Crippen molar-refractivity contribution in [1.82, 2.24) is 0 Å². The molecule has 0 spiro atoms. The summed E-state index contributed by atoms with van der Waals surface area (Å²) < 4.78 is 106. The molecule has 0 heterocycles. The van der Waals surface area contributed by atoms with E-state index in [-0.39, 0.29) is 16.7 Å². The molecule has 1 nitrogen and oxygen atoms in total. The van der Waals surface area contributed by atoms with Gasteiger partial charge in [-0.3, -0.25) is 0 Å². The van der Waals surface area contributed by atoms with Gasteiger partial charge in [0.05, 0.1) is 5.56 Å². The van der Waals surface area contributed by atoms with Crippen LogP contribution >= 0.6 is 0 Å². The summed E-state index contributed by atoms with van der Waals surface area (Å²) in [6.07, 6.45) is 5.10. The van der Waals surface area contributed by atoms with E-state index < -0.39 is 46.5 Å². The van der Waals surface area contributed by atoms with Crippen molar-refractivity contribution in [3.63, 3.8) is 0 Å². The lowest BCUT2D eigenvalue weighted by atomic mass is 9.77. The van der Waals surface area contributed by atoms with Crippen molar-refractivity contribution in [3.8, 4) is 28.0 Å². The highest BCUT2D eigenvalue weighted by Gasteiger charge is 2.38. The normalized spacial score (nSPS) is 17.1. The maximum atomic E-state index is 15.2. The highest BCUT2D eigenvalue weighted by Crippen LogP contribution is 2.40. The Labute approximate surface area is 252 Å². The van der Waals surface area contributed by atoms with Gasteiger partial charge in [0.1, 0.15) is 23.2 Å². The van der Waals surface area contributed by atoms with Crippen LogP contribution in [0.1, 0.15) is 75.3 Å². The second kappa shape index (κ2) is 13.4. The number of alkyl halides is 2. The summed E-state index contributed by atoms with van der Waals surface area (Å²) in [5.74, 6) is -4.96. The van der Waals surface area contributed by atoms with Crippen molar-refractivity contribution < 1.29 is 35.5 Å². The number of unbranched alkanes of at least 4 members (excludes halogenated alkanes) is 2. The molecule has 0 saturated heterocycles. The van der Waals surface area contributed by atoms with Gasteiger partial charge in [0.15, 0.2) is 11.6 Å². The summed E-state index contributed by atoms with van der Waals surface area (Å²) in [5, 5.41) is 0. The van der Waals surface area contributed by atoms with Gasteiger partial charge in [-0.1, -0.05) is 62.9 Å². The molecule has 4 aromatic carbocycles. The second-order valence-corrected chi connectivity index (χ2v) is 11.5. The summed E-state index contributed by atoms with van der Waals surface area (Å²) in [5.41, 5.74) is 0.185. The van der Waals surface area contributed by atoms with Gasteiger partial charge in [0.25, 0.3) is 0 Å². The molecule has 1 aliphatic rings. The number of hydrogen-bond acceptors (Lipinski definition) is 1. The van der Waals surface area contributed by atoms with Crippen molar-refractivity contribution in [2.45, 2.75) is 70.3 Å². The number of halogens is 7. The minimum absolute atomic E-state index is 0.0277. The van der Waals surface area contributed by atoms with E-state index in [0.717, 1.165) is 67.5 Å². The molecule has 0 aromatic heterocycles. The van der Waals surface area contributed by atoms with E-state index in [2.05, 4.69) is 11.7 Å². The Bertz CT molecular complexity index is 1610. The van der Waals surface area contributed by atoms with Crippen LogP contribution in [0.4, 0.5) is 30.7 Å². The van der Waals surface area contributed by atoms with Crippen LogP contribution in [0, 0.1) is 35.0 Å². The molecular formula is C36H33F7O. The zero-order valence-corrected chi connectivity index (χ0v) is 24.3. The van der Waals surface area contributed by atoms with Crippen LogP contribution in [-0.2, 0) is 6.11 Å². The van der Waals surface area contributed by atoms with Crippen molar-refractivity contribution in [2.75, 3.05) is 0 Å². The molecule has 0 radical (unpaired) electrons. The lowest BCUT2D eigenvalue weighted by Gasteiger charge is -2.29.